The summed E-state index contributed by atoms with van der Waals surface area (Å²) in [6, 6.07) is 0. The number of carboxylic acids is 1. The van der Waals surface area contributed by atoms with Gasteiger partial charge in [-0.2, -0.15) is 0 Å². The molecule has 1 unspecified atom stereocenters. The Morgan fingerprint density at radius 2 is 1.62 bits per heavy atom. The summed E-state index contributed by atoms with van der Waals surface area (Å²) in [5, 5.41) is 8.81. The number of hydrogen-bond acceptors (Lipinski definition) is 2. The molecule has 3 heteroatoms. The van der Waals surface area contributed by atoms with Crippen molar-refractivity contribution in [2.75, 3.05) is 0 Å². The van der Waals surface area contributed by atoms with Crippen molar-refractivity contribution in [2.45, 2.75) is 34.1 Å². The summed E-state index contributed by atoms with van der Waals surface area (Å²) < 4.78 is 0. The number of carboxylic acid groups (broad SMARTS) is 1. The number of aliphatic carboxylic acids is 1. The fraction of sp³-hybridized carbons (Fsp3) is 0.800. The van der Waals surface area contributed by atoms with E-state index in [0.717, 1.165) is 0 Å². The summed E-state index contributed by atoms with van der Waals surface area (Å²) in [6.07, 6.45) is 0.356. The molecule has 3 nitrogen and oxygen atoms in total. The van der Waals surface area contributed by atoms with Gasteiger partial charge in [0.25, 0.3) is 0 Å². The Labute approximate surface area is 79.1 Å². The maximum absolute atomic E-state index is 11.5. The monoisotopic (exact) mass is 186 g/mol. The maximum Gasteiger partial charge on any atom is 0.314 e. The van der Waals surface area contributed by atoms with Gasteiger partial charge in [0.1, 0.15) is 11.7 Å². The van der Waals surface area contributed by atoms with E-state index in [1.54, 1.807) is 13.8 Å². The lowest BCUT2D eigenvalue weighted by molar-refractivity contribution is -0.148. The van der Waals surface area contributed by atoms with Crippen LogP contribution in [0.15, 0.2) is 0 Å². The van der Waals surface area contributed by atoms with Gasteiger partial charge >= 0.3 is 5.97 Å². The zero-order chi connectivity index (χ0) is 10.6. The van der Waals surface area contributed by atoms with Crippen molar-refractivity contribution in [1.82, 2.24) is 0 Å². The fourth-order valence-electron chi connectivity index (χ4n) is 1.32. The van der Waals surface area contributed by atoms with Crippen molar-refractivity contribution in [1.29, 1.82) is 0 Å². The van der Waals surface area contributed by atoms with Gasteiger partial charge in [-0.15, -0.1) is 0 Å². The van der Waals surface area contributed by atoms with Gasteiger partial charge in [-0.1, -0.05) is 27.7 Å². The molecule has 0 spiro atoms. The third-order valence-corrected chi connectivity index (χ3v) is 1.89. The lowest BCUT2D eigenvalue weighted by atomic mass is 9.88. The van der Waals surface area contributed by atoms with Crippen LogP contribution < -0.4 is 0 Å². The minimum Gasteiger partial charge on any atom is -0.481 e. The Morgan fingerprint density at radius 1 is 1.15 bits per heavy atom. The Morgan fingerprint density at radius 3 is 1.85 bits per heavy atom. The van der Waals surface area contributed by atoms with Gasteiger partial charge in [0.15, 0.2) is 0 Å². The molecule has 1 N–H and O–H groups in total. The minimum absolute atomic E-state index is 0.122. The average Bonchev–Trinajstić information content (AvgIpc) is 1.81. The standard InChI is InChI=1S/C10H18O3/c1-6(2)5-8(11)9(7(3)4)10(12)13/h6-7,9H,5H2,1-4H3,(H,12,13). The molecule has 0 heterocycles. The van der Waals surface area contributed by atoms with E-state index < -0.39 is 11.9 Å². The average molecular weight is 186 g/mol. The molecule has 1 atom stereocenters. The zero-order valence-corrected chi connectivity index (χ0v) is 8.70. The van der Waals surface area contributed by atoms with Crippen LogP contribution in [0.3, 0.4) is 0 Å². The molecule has 0 aromatic rings. The lowest BCUT2D eigenvalue weighted by Gasteiger charge is -2.15. The van der Waals surface area contributed by atoms with E-state index in [9.17, 15) is 9.59 Å². The van der Waals surface area contributed by atoms with Gasteiger partial charge in [-0.3, -0.25) is 9.59 Å². The van der Waals surface area contributed by atoms with Crippen LogP contribution in [0.2, 0.25) is 0 Å². The van der Waals surface area contributed by atoms with Gasteiger partial charge in [0, 0.05) is 6.42 Å². The second kappa shape index (κ2) is 5.00. The smallest absolute Gasteiger partial charge is 0.314 e. The maximum atomic E-state index is 11.5. The number of carbonyl (C=O) groups excluding carboxylic acids is 1. The number of carbonyl (C=O) groups is 2. The zero-order valence-electron chi connectivity index (χ0n) is 8.70. The van der Waals surface area contributed by atoms with Crippen LogP contribution in [0.1, 0.15) is 34.1 Å². The normalized spacial score (nSPS) is 13.4. The van der Waals surface area contributed by atoms with Gasteiger partial charge in [-0.25, -0.2) is 0 Å². The van der Waals surface area contributed by atoms with E-state index in [1.807, 2.05) is 13.8 Å². The van der Waals surface area contributed by atoms with Crippen molar-refractivity contribution < 1.29 is 14.7 Å². The van der Waals surface area contributed by atoms with E-state index in [1.165, 1.54) is 0 Å². The number of Topliss-reactive ketones (excluding diaryl/α,β-unsaturated/α-hetero) is 1. The third-order valence-electron chi connectivity index (χ3n) is 1.89. The van der Waals surface area contributed by atoms with E-state index >= 15 is 0 Å². The highest BCUT2D eigenvalue weighted by atomic mass is 16.4. The van der Waals surface area contributed by atoms with Crippen LogP contribution in [0.5, 0.6) is 0 Å². The van der Waals surface area contributed by atoms with Crippen molar-refractivity contribution in [3.8, 4) is 0 Å². The lowest BCUT2D eigenvalue weighted by Crippen LogP contribution is -2.29. The molecule has 0 radical (unpaired) electrons. The molecule has 0 aromatic heterocycles. The summed E-state index contributed by atoms with van der Waals surface area (Å²) in [7, 11) is 0. The topological polar surface area (TPSA) is 54.4 Å². The molecule has 0 fully saturated rings. The summed E-state index contributed by atoms with van der Waals surface area (Å²) >= 11 is 0. The molecule has 0 aliphatic rings. The SMILES string of the molecule is CC(C)CC(=O)C(C(=O)O)C(C)C. The predicted octanol–water partition coefficient (Wildman–Crippen LogP) is 1.96. The Kier molecular flexibility index (Phi) is 4.67. The largest absolute Gasteiger partial charge is 0.481 e. The number of ketones is 1. The Bertz CT molecular complexity index is 194. The van der Waals surface area contributed by atoms with Crippen LogP contribution in [0.4, 0.5) is 0 Å². The molecule has 0 bridgehead atoms. The molecule has 0 aliphatic carbocycles. The summed E-state index contributed by atoms with van der Waals surface area (Å²) in [5.41, 5.74) is 0. The molecular formula is C10H18O3. The molecule has 13 heavy (non-hydrogen) atoms. The van der Waals surface area contributed by atoms with E-state index in [0.29, 0.717) is 6.42 Å². The van der Waals surface area contributed by atoms with Crippen molar-refractivity contribution in [3.63, 3.8) is 0 Å². The first kappa shape index (κ1) is 12.1. The second-order valence-electron chi connectivity index (χ2n) is 4.12. The minimum atomic E-state index is -0.999. The van der Waals surface area contributed by atoms with Gasteiger partial charge in [0.05, 0.1) is 0 Å². The molecule has 0 aliphatic heterocycles. The predicted molar refractivity (Wildman–Crippen MR) is 50.4 cm³/mol. The van der Waals surface area contributed by atoms with E-state index in [4.69, 9.17) is 5.11 Å². The highest BCUT2D eigenvalue weighted by Gasteiger charge is 2.29. The quantitative estimate of drug-likeness (QED) is 0.668. The third kappa shape index (κ3) is 4.06. The summed E-state index contributed by atoms with van der Waals surface area (Å²) in [6.45, 7) is 7.35. The fourth-order valence-corrected chi connectivity index (χ4v) is 1.32. The molecule has 0 aromatic carbocycles. The number of rotatable bonds is 5. The molecule has 0 rings (SSSR count). The molecule has 0 saturated heterocycles. The van der Waals surface area contributed by atoms with Crippen molar-refractivity contribution >= 4 is 11.8 Å². The Balaban J connectivity index is 4.38. The first-order valence-electron chi connectivity index (χ1n) is 4.61. The van der Waals surface area contributed by atoms with E-state index in [2.05, 4.69) is 0 Å². The van der Waals surface area contributed by atoms with Gasteiger partial charge < -0.3 is 5.11 Å². The number of hydrogen-bond donors (Lipinski definition) is 1. The Hall–Kier alpha value is -0.860. The first-order chi connectivity index (χ1) is 5.86. The van der Waals surface area contributed by atoms with Crippen LogP contribution in [0, 0.1) is 17.8 Å². The van der Waals surface area contributed by atoms with Crippen LogP contribution in [-0.2, 0) is 9.59 Å². The van der Waals surface area contributed by atoms with Gasteiger partial charge in [0.2, 0.25) is 0 Å². The summed E-state index contributed by atoms with van der Waals surface area (Å²) in [4.78, 5) is 22.2. The molecule has 0 amide bonds. The van der Waals surface area contributed by atoms with Crippen molar-refractivity contribution in [2.24, 2.45) is 17.8 Å². The van der Waals surface area contributed by atoms with Gasteiger partial charge in [-0.05, 0) is 11.8 Å². The molecule has 76 valence electrons. The van der Waals surface area contributed by atoms with Crippen LogP contribution >= 0.6 is 0 Å². The first-order valence-corrected chi connectivity index (χ1v) is 4.61. The van der Waals surface area contributed by atoms with E-state index in [-0.39, 0.29) is 17.6 Å². The molecule has 0 saturated carbocycles. The second-order valence-corrected chi connectivity index (χ2v) is 4.12. The highest BCUT2D eigenvalue weighted by molar-refractivity contribution is 5.98. The van der Waals surface area contributed by atoms with Crippen molar-refractivity contribution in [3.05, 3.63) is 0 Å². The highest BCUT2D eigenvalue weighted by Crippen LogP contribution is 2.16. The molecular weight excluding hydrogens is 168 g/mol. The summed E-state index contributed by atoms with van der Waals surface area (Å²) in [5.74, 6) is -1.88. The van der Waals surface area contributed by atoms with Crippen LogP contribution in [-0.4, -0.2) is 16.9 Å². The van der Waals surface area contributed by atoms with Crippen LogP contribution in [0.25, 0.3) is 0 Å².